The molecule has 5 heteroatoms. The molecule has 0 bridgehead atoms. The summed E-state index contributed by atoms with van der Waals surface area (Å²) in [6.45, 7) is 3.70. The van der Waals surface area contributed by atoms with Crippen LogP contribution in [0.25, 0.3) is 0 Å². The molecule has 0 aromatic heterocycles. The lowest BCUT2D eigenvalue weighted by molar-refractivity contribution is -0.148. The molecule has 1 N–H and O–H groups in total. The molecule has 0 radical (unpaired) electrons. The first-order valence-corrected chi connectivity index (χ1v) is 6.43. The van der Waals surface area contributed by atoms with Crippen LogP contribution in [0.4, 0.5) is 5.69 Å². The van der Waals surface area contributed by atoms with E-state index >= 15 is 0 Å². The van der Waals surface area contributed by atoms with Crippen LogP contribution in [0.1, 0.15) is 18.9 Å². The molecule has 1 aromatic rings. The Kier molecular flexibility index (Phi) is 5.34. The Balaban J connectivity index is 2.79. The summed E-state index contributed by atoms with van der Waals surface area (Å²) in [5.74, 6) is -1.62. The highest BCUT2D eigenvalue weighted by molar-refractivity contribution is 9.10. The Morgan fingerprint density at radius 1 is 1.44 bits per heavy atom. The van der Waals surface area contributed by atoms with Gasteiger partial charge in [0.1, 0.15) is 5.92 Å². The Labute approximate surface area is 115 Å². The van der Waals surface area contributed by atoms with Gasteiger partial charge in [0.15, 0.2) is 0 Å². The summed E-state index contributed by atoms with van der Waals surface area (Å²) >= 11 is 3.39. The van der Waals surface area contributed by atoms with Crippen molar-refractivity contribution < 1.29 is 14.3 Å². The fourth-order valence-electron chi connectivity index (χ4n) is 1.55. The van der Waals surface area contributed by atoms with E-state index in [9.17, 15) is 9.59 Å². The number of hydrogen-bond donors (Lipinski definition) is 1. The summed E-state index contributed by atoms with van der Waals surface area (Å²) in [4.78, 5) is 23.3. The molecule has 18 heavy (non-hydrogen) atoms. The molecule has 98 valence electrons. The Morgan fingerprint density at radius 3 is 2.61 bits per heavy atom. The number of anilines is 1. The molecule has 1 aromatic carbocycles. The smallest absolute Gasteiger partial charge is 0.318 e. The van der Waals surface area contributed by atoms with E-state index in [1.54, 1.807) is 13.0 Å². The maximum atomic E-state index is 11.9. The maximum absolute atomic E-state index is 11.9. The number of hydrogen-bond acceptors (Lipinski definition) is 3. The average molecular weight is 314 g/mol. The lowest BCUT2D eigenvalue weighted by Crippen LogP contribution is -2.30. The topological polar surface area (TPSA) is 55.4 Å². The number of esters is 1. The zero-order chi connectivity index (χ0) is 13.7. The van der Waals surface area contributed by atoms with E-state index in [0.29, 0.717) is 12.1 Å². The van der Waals surface area contributed by atoms with E-state index in [1.807, 2.05) is 19.1 Å². The van der Waals surface area contributed by atoms with Crippen LogP contribution in [-0.4, -0.2) is 19.0 Å². The van der Waals surface area contributed by atoms with Crippen molar-refractivity contribution in [3.05, 3.63) is 28.2 Å². The Bertz CT molecular complexity index is 460. The van der Waals surface area contributed by atoms with Gasteiger partial charge in [0.05, 0.1) is 7.11 Å². The first-order chi connectivity index (χ1) is 8.49. The molecular formula is C13H16BrNO3. The van der Waals surface area contributed by atoms with Crippen LogP contribution in [-0.2, 0) is 14.3 Å². The number of carbonyl (C=O) groups is 2. The van der Waals surface area contributed by atoms with E-state index in [-0.39, 0.29) is 5.91 Å². The molecule has 4 nitrogen and oxygen atoms in total. The van der Waals surface area contributed by atoms with Gasteiger partial charge in [-0.05, 0) is 37.1 Å². The third-order valence-electron chi connectivity index (χ3n) is 2.64. The van der Waals surface area contributed by atoms with Crippen molar-refractivity contribution >= 4 is 33.5 Å². The number of aryl methyl sites for hydroxylation is 1. The Morgan fingerprint density at radius 2 is 2.11 bits per heavy atom. The van der Waals surface area contributed by atoms with Gasteiger partial charge in [0.2, 0.25) is 5.91 Å². The second kappa shape index (κ2) is 6.54. The molecule has 0 aliphatic carbocycles. The largest absolute Gasteiger partial charge is 0.468 e. The third kappa shape index (κ3) is 3.57. The second-order valence-electron chi connectivity index (χ2n) is 3.94. The van der Waals surface area contributed by atoms with Crippen LogP contribution in [0.2, 0.25) is 0 Å². The van der Waals surface area contributed by atoms with Gasteiger partial charge in [-0.15, -0.1) is 0 Å². The monoisotopic (exact) mass is 313 g/mol. The van der Waals surface area contributed by atoms with Crippen LogP contribution < -0.4 is 5.32 Å². The first-order valence-electron chi connectivity index (χ1n) is 5.64. The zero-order valence-corrected chi connectivity index (χ0v) is 12.2. The SMILES string of the molecule is CCC(C(=O)Nc1ccc(Br)c(C)c1)C(=O)OC. The van der Waals surface area contributed by atoms with Crippen LogP contribution in [0.3, 0.4) is 0 Å². The highest BCUT2D eigenvalue weighted by Gasteiger charge is 2.25. The molecule has 1 atom stereocenters. The summed E-state index contributed by atoms with van der Waals surface area (Å²) in [6, 6.07) is 5.47. The van der Waals surface area contributed by atoms with Gasteiger partial charge in [-0.25, -0.2) is 0 Å². The molecule has 1 unspecified atom stereocenters. The number of nitrogens with one attached hydrogen (secondary N) is 1. The predicted molar refractivity (Wildman–Crippen MR) is 73.3 cm³/mol. The Hall–Kier alpha value is -1.36. The van der Waals surface area contributed by atoms with Gasteiger partial charge in [0, 0.05) is 10.2 Å². The van der Waals surface area contributed by atoms with Gasteiger partial charge in [-0.3, -0.25) is 9.59 Å². The van der Waals surface area contributed by atoms with E-state index in [0.717, 1.165) is 10.0 Å². The lowest BCUT2D eigenvalue weighted by atomic mass is 10.1. The highest BCUT2D eigenvalue weighted by atomic mass is 79.9. The van der Waals surface area contributed by atoms with Crippen molar-refractivity contribution in [2.24, 2.45) is 5.92 Å². The number of ether oxygens (including phenoxy) is 1. The fraction of sp³-hybridized carbons (Fsp3) is 0.385. The van der Waals surface area contributed by atoms with Gasteiger partial charge in [0.25, 0.3) is 0 Å². The molecule has 0 saturated heterocycles. The predicted octanol–water partition coefficient (Wildman–Crippen LogP) is 2.90. The summed E-state index contributed by atoms with van der Waals surface area (Å²) in [5.41, 5.74) is 1.68. The standard InChI is InChI=1S/C13H16BrNO3/c1-4-10(13(17)18-3)12(16)15-9-5-6-11(14)8(2)7-9/h5-7,10H,4H2,1-3H3,(H,15,16). The summed E-state index contributed by atoms with van der Waals surface area (Å²) < 4.78 is 5.57. The molecule has 1 amide bonds. The molecule has 0 aliphatic heterocycles. The molecular weight excluding hydrogens is 298 g/mol. The third-order valence-corrected chi connectivity index (χ3v) is 3.53. The molecule has 0 heterocycles. The number of methoxy groups -OCH3 is 1. The van der Waals surface area contributed by atoms with Gasteiger partial charge in [-0.1, -0.05) is 22.9 Å². The van der Waals surface area contributed by atoms with E-state index in [2.05, 4.69) is 26.0 Å². The van der Waals surface area contributed by atoms with E-state index < -0.39 is 11.9 Å². The summed E-state index contributed by atoms with van der Waals surface area (Å²) in [7, 11) is 1.28. The van der Waals surface area contributed by atoms with E-state index in [4.69, 9.17) is 0 Å². The zero-order valence-electron chi connectivity index (χ0n) is 10.6. The van der Waals surface area contributed by atoms with Crippen molar-refractivity contribution in [1.29, 1.82) is 0 Å². The minimum atomic E-state index is -0.765. The van der Waals surface area contributed by atoms with Crippen LogP contribution in [0, 0.1) is 12.8 Å². The maximum Gasteiger partial charge on any atom is 0.318 e. The van der Waals surface area contributed by atoms with Crippen molar-refractivity contribution in [1.82, 2.24) is 0 Å². The fourth-order valence-corrected chi connectivity index (χ4v) is 1.80. The molecule has 0 fully saturated rings. The second-order valence-corrected chi connectivity index (χ2v) is 4.79. The minimum Gasteiger partial charge on any atom is -0.468 e. The van der Waals surface area contributed by atoms with Crippen LogP contribution in [0.5, 0.6) is 0 Å². The normalized spacial score (nSPS) is 11.8. The average Bonchev–Trinajstić information content (AvgIpc) is 2.34. The van der Waals surface area contributed by atoms with Crippen molar-refractivity contribution in [3.8, 4) is 0 Å². The van der Waals surface area contributed by atoms with Gasteiger partial charge >= 0.3 is 5.97 Å². The molecule has 0 saturated carbocycles. The molecule has 0 spiro atoms. The van der Waals surface area contributed by atoms with Crippen molar-refractivity contribution in [2.75, 3.05) is 12.4 Å². The number of carbonyl (C=O) groups excluding carboxylic acids is 2. The first kappa shape index (κ1) is 14.7. The van der Waals surface area contributed by atoms with Crippen LogP contribution >= 0.6 is 15.9 Å². The van der Waals surface area contributed by atoms with Gasteiger partial charge in [-0.2, -0.15) is 0 Å². The highest BCUT2D eigenvalue weighted by Crippen LogP contribution is 2.20. The number of rotatable bonds is 4. The molecule has 0 aliphatic rings. The molecule has 1 rings (SSSR count). The number of halogens is 1. The van der Waals surface area contributed by atoms with Crippen molar-refractivity contribution in [2.45, 2.75) is 20.3 Å². The summed E-state index contributed by atoms with van der Waals surface area (Å²) in [5, 5.41) is 2.72. The van der Waals surface area contributed by atoms with E-state index in [1.165, 1.54) is 7.11 Å². The summed E-state index contributed by atoms with van der Waals surface area (Å²) in [6.07, 6.45) is 0.411. The number of benzene rings is 1. The number of amides is 1. The van der Waals surface area contributed by atoms with Gasteiger partial charge < -0.3 is 10.1 Å². The quantitative estimate of drug-likeness (QED) is 0.687. The van der Waals surface area contributed by atoms with Crippen LogP contribution in [0.15, 0.2) is 22.7 Å². The lowest BCUT2D eigenvalue weighted by Gasteiger charge is -2.13. The van der Waals surface area contributed by atoms with Crippen molar-refractivity contribution in [3.63, 3.8) is 0 Å². The minimum absolute atomic E-state index is 0.342.